The van der Waals surface area contributed by atoms with Gasteiger partial charge in [-0.15, -0.1) is 0 Å². The second-order valence-electron chi connectivity index (χ2n) is 4.16. The van der Waals surface area contributed by atoms with Crippen molar-refractivity contribution in [2.24, 2.45) is 5.73 Å². The number of carboxylic acids is 1. The molecule has 0 atom stereocenters. The maximum atomic E-state index is 13.0. The molecule has 0 heterocycles. The second-order valence-corrected chi connectivity index (χ2v) is 6.47. The number of nitrogens with two attached hydrogens (primary N) is 1. The van der Waals surface area contributed by atoms with Crippen LogP contribution in [0.2, 0.25) is 0 Å². The summed E-state index contributed by atoms with van der Waals surface area (Å²) in [6.45, 7) is -0.356. The highest BCUT2D eigenvalue weighted by molar-refractivity contribution is 7.91. The molecule has 0 bridgehead atoms. The standard InChI is InChI=1S/C12H14FNO6S/c13-8-1-2-9(12(16)17)10(7-8)20-4-6-21(18,19)5-3-11(14)15/h1-2,7H,3-6H2,(H2,14,15)(H,16,17). The number of hydrogen-bond donors (Lipinski definition) is 2. The van der Waals surface area contributed by atoms with Crippen molar-refractivity contribution in [1.29, 1.82) is 0 Å². The van der Waals surface area contributed by atoms with Crippen LogP contribution in [0.15, 0.2) is 18.2 Å². The van der Waals surface area contributed by atoms with Crippen LogP contribution in [-0.2, 0) is 14.6 Å². The van der Waals surface area contributed by atoms with Gasteiger partial charge in [0.2, 0.25) is 5.91 Å². The minimum Gasteiger partial charge on any atom is -0.492 e. The number of hydrogen-bond acceptors (Lipinski definition) is 5. The summed E-state index contributed by atoms with van der Waals surface area (Å²) >= 11 is 0. The van der Waals surface area contributed by atoms with Gasteiger partial charge < -0.3 is 15.6 Å². The van der Waals surface area contributed by atoms with Crippen molar-refractivity contribution in [2.45, 2.75) is 6.42 Å². The van der Waals surface area contributed by atoms with Gasteiger partial charge >= 0.3 is 5.97 Å². The topological polar surface area (TPSA) is 124 Å². The van der Waals surface area contributed by atoms with E-state index in [1.54, 1.807) is 0 Å². The van der Waals surface area contributed by atoms with E-state index in [2.05, 4.69) is 0 Å². The third kappa shape index (κ3) is 5.78. The molecule has 0 spiro atoms. The lowest BCUT2D eigenvalue weighted by atomic mass is 10.2. The van der Waals surface area contributed by atoms with Gasteiger partial charge in [0.15, 0.2) is 9.84 Å². The van der Waals surface area contributed by atoms with Crippen LogP contribution in [0.3, 0.4) is 0 Å². The third-order valence-corrected chi connectivity index (χ3v) is 4.10. The molecule has 116 valence electrons. The fourth-order valence-corrected chi connectivity index (χ4v) is 2.48. The predicted molar refractivity (Wildman–Crippen MR) is 71.3 cm³/mol. The van der Waals surface area contributed by atoms with E-state index in [1.807, 2.05) is 0 Å². The fraction of sp³-hybridized carbons (Fsp3) is 0.333. The number of sulfone groups is 1. The molecule has 0 fully saturated rings. The number of aromatic carboxylic acids is 1. The van der Waals surface area contributed by atoms with Gasteiger partial charge in [0.25, 0.3) is 0 Å². The molecule has 0 radical (unpaired) electrons. The Morgan fingerprint density at radius 2 is 1.95 bits per heavy atom. The number of carbonyl (C=O) groups excluding carboxylic acids is 1. The van der Waals surface area contributed by atoms with Gasteiger partial charge in [-0.25, -0.2) is 17.6 Å². The predicted octanol–water partition coefficient (Wildman–Crippen LogP) is 0.193. The van der Waals surface area contributed by atoms with E-state index in [1.165, 1.54) is 0 Å². The number of carboxylic acid groups (broad SMARTS) is 1. The van der Waals surface area contributed by atoms with Crippen LogP contribution in [0.4, 0.5) is 4.39 Å². The fourth-order valence-electron chi connectivity index (χ4n) is 1.43. The van der Waals surface area contributed by atoms with Crippen molar-refractivity contribution in [3.63, 3.8) is 0 Å². The van der Waals surface area contributed by atoms with Gasteiger partial charge in [-0.1, -0.05) is 0 Å². The number of carbonyl (C=O) groups is 2. The Morgan fingerprint density at radius 3 is 2.52 bits per heavy atom. The number of rotatable bonds is 8. The minimum atomic E-state index is -3.56. The summed E-state index contributed by atoms with van der Waals surface area (Å²) < 4.78 is 41.1. The van der Waals surface area contributed by atoms with E-state index in [-0.39, 0.29) is 24.3 Å². The molecule has 0 aliphatic rings. The largest absolute Gasteiger partial charge is 0.492 e. The summed E-state index contributed by atoms with van der Waals surface area (Å²) in [5, 5.41) is 8.89. The lowest BCUT2D eigenvalue weighted by Gasteiger charge is -2.09. The summed E-state index contributed by atoms with van der Waals surface area (Å²) in [6.07, 6.45) is -0.303. The molecule has 9 heteroatoms. The number of benzene rings is 1. The first kappa shape index (κ1) is 16.9. The van der Waals surface area contributed by atoms with Crippen LogP contribution in [0.5, 0.6) is 5.75 Å². The molecule has 7 nitrogen and oxygen atoms in total. The van der Waals surface area contributed by atoms with E-state index in [4.69, 9.17) is 15.6 Å². The molecule has 1 amide bonds. The van der Waals surface area contributed by atoms with Gasteiger partial charge in [0, 0.05) is 12.5 Å². The van der Waals surface area contributed by atoms with Gasteiger partial charge in [0.05, 0.1) is 11.5 Å². The van der Waals surface area contributed by atoms with E-state index in [0.717, 1.165) is 18.2 Å². The van der Waals surface area contributed by atoms with Crippen molar-refractivity contribution < 1.29 is 32.2 Å². The van der Waals surface area contributed by atoms with Crippen LogP contribution >= 0.6 is 0 Å². The Kier molecular flexibility index (Phi) is 5.65. The zero-order valence-electron chi connectivity index (χ0n) is 10.9. The summed E-state index contributed by atoms with van der Waals surface area (Å²) in [6, 6.07) is 2.84. The van der Waals surface area contributed by atoms with Crippen LogP contribution in [-0.4, -0.2) is 43.5 Å². The second kappa shape index (κ2) is 7.02. The van der Waals surface area contributed by atoms with Crippen LogP contribution in [0, 0.1) is 5.82 Å². The van der Waals surface area contributed by atoms with Gasteiger partial charge in [-0.2, -0.15) is 0 Å². The summed E-state index contributed by atoms with van der Waals surface area (Å²) in [4.78, 5) is 21.4. The summed E-state index contributed by atoms with van der Waals surface area (Å²) in [5.74, 6) is -3.87. The Balaban J connectivity index is 2.66. The molecular weight excluding hydrogens is 305 g/mol. The molecule has 0 aliphatic carbocycles. The zero-order chi connectivity index (χ0) is 16.0. The van der Waals surface area contributed by atoms with Gasteiger partial charge in [-0.3, -0.25) is 4.79 Å². The lowest BCUT2D eigenvalue weighted by molar-refractivity contribution is -0.117. The van der Waals surface area contributed by atoms with Gasteiger partial charge in [-0.05, 0) is 12.1 Å². The highest BCUT2D eigenvalue weighted by Crippen LogP contribution is 2.20. The zero-order valence-corrected chi connectivity index (χ0v) is 11.7. The average molecular weight is 319 g/mol. The molecule has 0 aromatic heterocycles. The molecule has 21 heavy (non-hydrogen) atoms. The smallest absolute Gasteiger partial charge is 0.339 e. The van der Waals surface area contributed by atoms with Crippen LogP contribution < -0.4 is 10.5 Å². The first-order valence-corrected chi connectivity index (χ1v) is 7.68. The SMILES string of the molecule is NC(=O)CCS(=O)(=O)CCOc1cc(F)ccc1C(=O)O. The molecular formula is C12H14FNO6S. The molecule has 1 aromatic rings. The van der Waals surface area contributed by atoms with Crippen molar-refractivity contribution in [1.82, 2.24) is 0 Å². The number of halogens is 1. The monoisotopic (exact) mass is 319 g/mol. The molecule has 0 saturated carbocycles. The van der Waals surface area contributed by atoms with E-state index in [0.29, 0.717) is 0 Å². The highest BCUT2D eigenvalue weighted by atomic mass is 32.2. The van der Waals surface area contributed by atoms with E-state index >= 15 is 0 Å². The lowest BCUT2D eigenvalue weighted by Crippen LogP contribution is -2.22. The number of amides is 1. The Morgan fingerprint density at radius 1 is 1.29 bits per heavy atom. The quantitative estimate of drug-likeness (QED) is 0.705. The Labute approximate surface area is 120 Å². The van der Waals surface area contributed by atoms with Crippen molar-refractivity contribution in [2.75, 3.05) is 18.1 Å². The highest BCUT2D eigenvalue weighted by Gasteiger charge is 2.15. The van der Waals surface area contributed by atoms with Crippen LogP contribution in [0.1, 0.15) is 16.8 Å². The molecule has 0 unspecified atom stereocenters. The van der Waals surface area contributed by atoms with Crippen molar-refractivity contribution in [3.8, 4) is 5.75 Å². The molecule has 1 rings (SSSR count). The minimum absolute atomic E-state index is 0.257. The average Bonchev–Trinajstić information content (AvgIpc) is 2.36. The first-order valence-electron chi connectivity index (χ1n) is 5.85. The third-order valence-electron chi connectivity index (χ3n) is 2.49. The first-order chi connectivity index (χ1) is 9.71. The van der Waals surface area contributed by atoms with Crippen molar-refractivity contribution in [3.05, 3.63) is 29.6 Å². The molecule has 3 N–H and O–H groups in total. The normalized spacial score (nSPS) is 11.1. The maximum Gasteiger partial charge on any atom is 0.339 e. The molecule has 0 saturated heterocycles. The maximum absolute atomic E-state index is 13.0. The van der Waals surface area contributed by atoms with Crippen LogP contribution in [0.25, 0.3) is 0 Å². The number of ether oxygens (including phenoxy) is 1. The summed E-state index contributed by atoms with van der Waals surface area (Å²) in [7, 11) is -3.56. The Hall–Kier alpha value is -2.16. The Bertz CT molecular complexity index is 643. The molecule has 1 aromatic carbocycles. The summed E-state index contributed by atoms with van der Waals surface area (Å²) in [5.41, 5.74) is 4.58. The van der Waals surface area contributed by atoms with Gasteiger partial charge in [0.1, 0.15) is 23.7 Å². The van der Waals surface area contributed by atoms with E-state index in [9.17, 15) is 22.4 Å². The van der Waals surface area contributed by atoms with E-state index < -0.39 is 39.0 Å². The molecule has 0 aliphatic heterocycles. The number of primary amides is 1. The van der Waals surface area contributed by atoms with Crippen molar-refractivity contribution >= 4 is 21.7 Å².